The molecule has 0 aliphatic rings. The highest BCUT2D eigenvalue weighted by atomic mass is 16.5. The zero-order valence-corrected chi connectivity index (χ0v) is 12.5. The van der Waals surface area contributed by atoms with Crippen molar-refractivity contribution in [3.05, 3.63) is 59.7 Å². The number of rotatable bonds is 6. The van der Waals surface area contributed by atoms with E-state index < -0.39 is 0 Å². The van der Waals surface area contributed by atoms with Gasteiger partial charge in [0.25, 0.3) is 0 Å². The Balaban J connectivity index is 1.91. The fourth-order valence-corrected chi connectivity index (χ4v) is 2.11. The quantitative estimate of drug-likeness (QED) is 0.886. The molecule has 4 heteroatoms. The number of hydrogen-bond acceptors (Lipinski definition) is 3. The summed E-state index contributed by atoms with van der Waals surface area (Å²) < 4.78 is 5.55. The van der Waals surface area contributed by atoms with Crippen molar-refractivity contribution in [2.75, 3.05) is 11.9 Å². The molecule has 0 atom stereocenters. The van der Waals surface area contributed by atoms with Gasteiger partial charge in [0.1, 0.15) is 5.75 Å². The van der Waals surface area contributed by atoms with Gasteiger partial charge in [-0.2, -0.15) is 5.26 Å². The van der Waals surface area contributed by atoms with Gasteiger partial charge >= 0.3 is 0 Å². The van der Waals surface area contributed by atoms with Crippen molar-refractivity contribution in [1.82, 2.24) is 0 Å². The fourth-order valence-electron chi connectivity index (χ4n) is 2.11. The van der Waals surface area contributed by atoms with Gasteiger partial charge < -0.3 is 10.1 Å². The lowest BCUT2D eigenvalue weighted by Gasteiger charge is -2.10. The van der Waals surface area contributed by atoms with Crippen molar-refractivity contribution in [3.8, 4) is 11.8 Å². The second kappa shape index (κ2) is 7.84. The number of hydrogen-bond donors (Lipinski definition) is 1. The molecule has 112 valence electrons. The normalized spacial score (nSPS) is 9.82. The van der Waals surface area contributed by atoms with Crippen LogP contribution in [0.3, 0.4) is 0 Å². The van der Waals surface area contributed by atoms with Crippen LogP contribution >= 0.6 is 0 Å². The van der Waals surface area contributed by atoms with E-state index in [2.05, 4.69) is 5.32 Å². The Labute approximate surface area is 130 Å². The maximum atomic E-state index is 12.0. The Morgan fingerprint density at radius 1 is 1.18 bits per heavy atom. The predicted octanol–water partition coefficient (Wildman–Crippen LogP) is 3.53. The molecular weight excluding hydrogens is 276 g/mol. The molecule has 1 N–H and O–H groups in total. The third kappa shape index (κ3) is 4.35. The third-order valence-electron chi connectivity index (χ3n) is 3.19. The smallest absolute Gasteiger partial charge is 0.224 e. The largest absolute Gasteiger partial charge is 0.494 e. The highest BCUT2D eigenvalue weighted by molar-refractivity contribution is 5.90. The zero-order valence-electron chi connectivity index (χ0n) is 12.5. The van der Waals surface area contributed by atoms with Crippen molar-refractivity contribution >= 4 is 11.6 Å². The molecular formula is C18H18N2O2. The number of nitrogens with one attached hydrogen (secondary N) is 1. The van der Waals surface area contributed by atoms with Crippen LogP contribution in [0.4, 0.5) is 5.69 Å². The summed E-state index contributed by atoms with van der Waals surface area (Å²) >= 11 is 0. The van der Waals surface area contributed by atoms with Gasteiger partial charge in [0.05, 0.1) is 18.2 Å². The van der Waals surface area contributed by atoms with Crippen molar-refractivity contribution in [3.63, 3.8) is 0 Å². The molecule has 0 saturated heterocycles. The Kier molecular flexibility index (Phi) is 5.56. The number of amides is 1. The van der Waals surface area contributed by atoms with Crippen LogP contribution in [-0.2, 0) is 11.2 Å². The number of nitrogens with zero attached hydrogens (tertiary/aromatic N) is 1. The first kappa shape index (κ1) is 15.6. The Morgan fingerprint density at radius 3 is 2.59 bits per heavy atom. The molecule has 0 heterocycles. The van der Waals surface area contributed by atoms with Gasteiger partial charge in [0, 0.05) is 12.1 Å². The van der Waals surface area contributed by atoms with Gasteiger partial charge in [-0.05, 0) is 49.2 Å². The average Bonchev–Trinajstić information content (AvgIpc) is 2.55. The molecule has 0 unspecified atom stereocenters. The van der Waals surface area contributed by atoms with E-state index in [0.717, 1.165) is 11.3 Å². The van der Waals surface area contributed by atoms with Gasteiger partial charge in [-0.15, -0.1) is 0 Å². The van der Waals surface area contributed by atoms with Crippen LogP contribution in [0.1, 0.15) is 24.5 Å². The highest BCUT2D eigenvalue weighted by Crippen LogP contribution is 2.19. The summed E-state index contributed by atoms with van der Waals surface area (Å²) in [5, 5.41) is 11.6. The van der Waals surface area contributed by atoms with E-state index in [1.54, 1.807) is 24.3 Å². The van der Waals surface area contributed by atoms with Crippen LogP contribution in [0.15, 0.2) is 48.5 Å². The van der Waals surface area contributed by atoms with E-state index in [1.807, 2.05) is 37.3 Å². The predicted molar refractivity (Wildman–Crippen MR) is 85.7 cm³/mol. The molecule has 2 aromatic carbocycles. The number of carbonyl (C=O) groups excluding carboxylic acids is 1. The van der Waals surface area contributed by atoms with E-state index in [0.29, 0.717) is 30.7 Å². The Bertz CT molecular complexity index is 672. The van der Waals surface area contributed by atoms with E-state index in [4.69, 9.17) is 10.00 Å². The van der Waals surface area contributed by atoms with Gasteiger partial charge in [0.2, 0.25) is 5.91 Å². The summed E-state index contributed by atoms with van der Waals surface area (Å²) in [6.45, 7) is 2.54. The first-order valence-corrected chi connectivity index (χ1v) is 7.23. The molecule has 2 rings (SSSR count). The van der Waals surface area contributed by atoms with Gasteiger partial charge in [-0.1, -0.05) is 18.2 Å². The lowest BCUT2D eigenvalue weighted by Crippen LogP contribution is -2.12. The molecule has 22 heavy (non-hydrogen) atoms. The van der Waals surface area contributed by atoms with Crippen LogP contribution in [0.2, 0.25) is 0 Å². The number of aryl methyl sites for hydroxylation is 1. The molecule has 0 radical (unpaired) electrons. The highest BCUT2D eigenvalue weighted by Gasteiger charge is 2.07. The monoisotopic (exact) mass is 294 g/mol. The van der Waals surface area contributed by atoms with Crippen LogP contribution in [0.5, 0.6) is 5.75 Å². The van der Waals surface area contributed by atoms with Crippen molar-refractivity contribution in [2.24, 2.45) is 0 Å². The van der Waals surface area contributed by atoms with Crippen molar-refractivity contribution < 1.29 is 9.53 Å². The molecule has 1 amide bonds. The number of nitriles is 1. The summed E-state index contributed by atoms with van der Waals surface area (Å²) in [7, 11) is 0. The topological polar surface area (TPSA) is 62.1 Å². The maximum absolute atomic E-state index is 12.0. The number of anilines is 1. The summed E-state index contributed by atoms with van der Waals surface area (Å²) in [6, 6.07) is 16.6. The van der Waals surface area contributed by atoms with E-state index in [-0.39, 0.29) is 5.91 Å². The SMILES string of the molecule is CCOc1ccccc1CCC(=O)Nc1ccc(C#N)cc1. The maximum Gasteiger partial charge on any atom is 0.224 e. The Hall–Kier alpha value is -2.80. The van der Waals surface area contributed by atoms with Crippen molar-refractivity contribution in [1.29, 1.82) is 5.26 Å². The standard InChI is InChI=1S/C18H18N2O2/c1-2-22-17-6-4-3-5-15(17)9-12-18(21)20-16-10-7-14(13-19)8-11-16/h3-8,10-11H,2,9,12H2,1H3,(H,20,21). The zero-order chi connectivity index (χ0) is 15.8. The molecule has 0 spiro atoms. The van der Waals surface area contributed by atoms with E-state index in [1.165, 1.54) is 0 Å². The minimum Gasteiger partial charge on any atom is -0.494 e. The molecule has 0 saturated carbocycles. The van der Waals surface area contributed by atoms with Gasteiger partial charge in [-0.3, -0.25) is 4.79 Å². The molecule has 0 bridgehead atoms. The summed E-state index contributed by atoms with van der Waals surface area (Å²) in [4.78, 5) is 12.0. The van der Waals surface area contributed by atoms with E-state index >= 15 is 0 Å². The van der Waals surface area contributed by atoms with Crippen LogP contribution < -0.4 is 10.1 Å². The average molecular weight is 294 g/mol. The third-order valence-corrected chi connectivity index (χ3v) is 3.19. The second-order valence-electron chi connectivity index (χ2n) is 4.78. The Morgan fingerprint density at radius 2 is 1.91 bits per heavy atom. The summed E-state index contributed by atoms with van der Waals surface area (Å²) in [5.41, 5.74) is 2.30. The summed E-state index contributed by atoms with van der Waals surface area (Å²) in [6.07, 6.45) is 1.00. The van der Waals surface area contributed by atoms with Crippen molar-refractivity contribution in [2.45, 2.75) is 19.8 Å². The lowest BCUT2D eigenvalue weighted by atomic mass is 10.1. The second-order valence-corrected chi connectivity index (χ2v) is 4.78. The van der Waals surface area contributed by atoms with Gasteiger partial charge in [-0.25, -0.2) is 0 Å². The fraction of sp³-hybridized carbons (Fsp3) is 0.222. The van der Waals surface area contributed by atoms with Crippen LogP contribution in [0, 0.1) is 11.3 Å². The number of para-hydroxylation sites is 1. The first-order chi connectivity index (χ1) is 10.7. The molecule has 0 aromatic heterocycles. The number of carbonyl (C=O) groups is 1. The minimum atomic E-state index is -0.0593. The first-order valence-electron chi connectivity index (χ1n) is 7.23. The van der Waals surface area contributed by atoms with Crippen LogP contribution in [0.25, 0.3) is 0 Å². The summed E-state index contributed by atoms with van der Waals surface area (Å²) in [5.74, 6) is 0.771. The number of ether oxygens (including phenoxy) is 1. The molecule has 2 aromatic rings. The number of benzene rings is 2. The van der Waals surface area contributed by atoms with Crippen LogP contribution in [-0.4, -0.2) is 12.5 Å². The van der Waals surface area contributed by atoms with Gasteiger partial charge in [0.15, 0.2) is 0 Å². The molecule has 0 aliphatic carbocycles. The minimum absolute atomic E-state index is 0.0593. The molecule has 4 nitrogen and oxygen atoms in total. The lowest BCUT2D eigenvalue weighted by molar-refractivity contribution is -0.116. The van der Waals surface area contributed by atoms with E-state index in [9.17, 15) is 4.79 Å². The molecule has 0 fully saturated rings. The molecule has 0 aliphatic heterocycles.